The molecule has 0 fully saturated rings. The average Bonchev–Trinajstić information content (AvgIpc) is 0.811. The summed E-state index contributed by atoms with van der Waals surface area (Å²) in [6, 6.07) is 0. The molecule has 28 valence electrons. The molecule has 0 saturated heterocycles. The Morgan fingerprint density at radius 3 is 1.80 bits per heavy atom. The van der Waals surface area contributed by atoms with Crippen molar-refractivity contribution < 1.29 is 9.90 Å². The minimum atomic E-state index is -1.33. The quantitative estimate of drug-likeness (QED) is 0.478. The molecule has 0 aliphatic heterocycles. The van der Waals surface area contributed by atoms with Gasteiger partial charge in [0.1, 0.15) is 0 Å². The van der Waals surface area contributed by atoms with Crippen molar-refractivity contribution in [3.05, 3.63) is 0 Å². The molecule has 0 aromatic carbocycles. The van der Waals surface area contributed by atoms with Crippen LogP contribution in [0.5, 0.6) is 0 Å². The van der Waals surface area contributed by atoms with E-state index < -0.39 is 6.09 Å². The molecule has 1 amide bonds. The molecule has 0 radical (unpaired) electrons. The standard InChI is InChI=1S/CH3NO2.Ba.2H/c2-1(3)4;;;/h2H2,(H,3,4);;;. The molecule has 3 N–H and O–H groups in total. The van der Waals surface area contributed by atoms with Crippen LogP contribution in [0.2, 0.25) is 0 Å². The summed E-state index contributed by atoms with van der Waals surface area (Å²) in [6.45, 7) is 0. The van der Waals surface area contributed by atoms with Crippen molar-refractivity contribution in [2.45, 2.75) is 0 Å². The summed E-state index contributed by atoms with van der Waals surface area (Å²) in [6.07, 6.45) is -1.33. The second-order valence-corrected chi connectivity index (χ2v) is 0.338. The van der Waals surface area contributed by atoms with E-state index in [9.17, 15) is 0 Å². The molecule has 0 saturated carbocycles. The summed E-state index contributed by atoms with van der Waals surface area (Å²) in [4.78, 5) is 8.78. The van der Waals surface area contributed by atoms with Crippen LogP contribution in [0.15, 0.2) is 0 Å². The first-order valence-corrected chi connectivity index (χ1v) is 0.716. The fourth-order valence-corrected chi connectivity index (χ4v) is 0. The van der Waals surface area contributed by atoms with E-state index in [1.54, 1.807) is 0 Å². The molecule has 5 heavy (non-hydrogen) atoms. The van der Waals surface area contributed by atoms with Gasteiger partial charge in [-0.15, -0.1) is 0 Å². The van der Waals surface area contributed by atoms with Crippen LogP contribution in [0.25, 0.3) is 0 Å². The maximum atomic E-state index is 8.78. The van der Waals surface area contributed by atoms with E-state index in [4.69, 9.17) is 9.90 Å². The normalized spacial score (nSPS) is 4.80. The Bertz CT molecular complexity index is 32.6. The molecule has 0 bridgehead atoms. The molecular formula is CH5BaNO2. The summed E-state index contributed by atoms with van der Waals surface area (Å²) < 4.78 is 0. The fraction of sp³-hybridized carbons (Fsp3) is 0. The molecule has 0 aromatic rings. The zero-order valence-corrected chi connectivity index (χ0v) is 1.93. The molecule has 0 rings (SSSR count). The first kappa shape index (κ1) is 9.28. The van der Waals surface area contributed by atoms with Crippen LogP contribution >= 0.6 is 0 Å². The van der Waals surface area contributed by atoms with Gasteiger partial charge in [-0.1, -0.05) is 0 Å². The number of primary amides is 1. The first-order valence-electron chi connectivity index (χ1n) is 0.716. The van der Waals surface area contributed by atoms with Crippen molar-refractivity contribution in [1.29, 1.82) is 0 Å². The molecule has 0 atom stereocenters. The Kier molecular flexibility index (Phi) is 8.98. The Labute approximate surface area is 69.6 Å². The van der Waals surface area contributed by atoms with Crippen molar-refractivity contribution >= 4 is 55.0 Å². The Balaban J connectivity index is 0. The summed E-state index contributed by atoms with van der Waals surface area (Å²) in [7, 11) is 0. The predicted molar refractivity (Wildman–Crippen MR) is 20.8 cm³/mol. The van der Waals surface area contributed by atoms with Gasteiger partial charge in [-0.3, -0.25) is 0 Å². The molecule has 3 nitrogen and oxygen atoms in total. The second-order valence-electron chi connectivity index (χ2n) is 0.338. The van der Waals surface area contributed by atoms with Crippen LogP contribution in [0, 0.1) is 0 Å². The van der Waals surface area contributed by atoms with Crippen LogP contribution < -0.4 is 5.73 Å². The number of amides is 1. The first-order chi connectivity index (χ1) is 1.73. The van der Waals surface area contributed by atoms with Crippen molar-refractivity contribution in [3.63, 3.8) is 0 Å². The topological polar surface area (TPSA) is 63.3 Å². The molecule has 0 aliphatic carbocycles. The SMILES string of the molecule is NC(=O)O.[BaH2]. The minimum absolute atomic E-state index is 0. The van der Waals surface area contributed by atoms with Crippen LogP contribution in [-0.4, -0.2) is 60.1 Å². The summed E-state index contributed by atoms with van der Waals surface area (Å²) >= 11 is 0. The van der Waals surface area contributed by atoms with Crippen molar-refractivity contribution in [3.8, 4) is 0 Å². The van der Waals surface area contributed by atoms with E-state index in [1.807, 2.05) is 0 Å². The third kappa shape index (κ3) is 55.2. The van der Waals surface area contributed by atoms with Crippen molar-refractivity contribution in [1.82, 2.24) is 0 Å². The van der Waals surface area contributed by atoms with Gasteiger partial charge in [-0.2, -0.15) is 0 Å². The Hall–Kier alpha value is 0.841. The second kappa shape index (κ2) is 4.84. The zero-order valence-electron chi connectivity index (χ0n) is 1.93. The van der Waals surface area contributed by atoms with E-state index in [1.165, 1.54) is 0 Å². The van der Waals surface area contributed by atoms with Crippen LogP contribution in [-0.2, 0) is 0 Å². The third-order valence-corrected chi connectivity index (χ3v) is 0. The van der Waals surface area contributed by atoms with E-state index in [0.29, 0.717) is 0 Å². The monoisotopic (exact) mass is 201 g/mol. The average molecular weight is 200 g/mol. The fourth-order valence-electron chi connectivity index (χ4n) is 0. The number of carbonyl (C=O) groups is 1. The number of rotatable bonds is 0. The van der Waals surface area contributed by atoms with E-state index >= 15 is 0 Å². The summed E-state index contributed by atoms with van der Waals surface area (Å²) in [5, 5.41) is 7.19. The summed E-state index contributed by atoms with van der Waals surface area (Å²) in [5.41, 5.74) is 4.03. The van der Waals surface area contributed by atoms with Gasteiger partial charge in [-0.25, -0.2) is 4.79 Å². The number of carboxylic acid groups (broad SMARTS) is 1. The Morgan fingerprint density at radius 2 is 1.80 bits per heavy atom. The molecule has 0 spiro atoms. The van der Waals surface area contributed by atoms with Crippen LogP contribution in [0.4, 0.5) is 4.79 Å². The molecule has 4 heteroatoms. The maximum absolute atomic E-state index is 8.78. The molecule has 0 unspecified atom stereocenters. The van der Waals surface area contributed by atoms with E-state index in [0.717, 1.165) is 0 Å². The van der Waals surface area contributed by atoms with Crippen molar-refractivity contribution in [2.75, 3.05) is 0 Å². The van der Waals surface area contributed by atoms with E-state index in [2.05, 4.69) is 5.73 Å². The zero-order chi connectivity index (χ0) is 3.58. The van der Waals surface area contributed by atoms with Gasteiger partial charge in [0, 0.05) is 0 Å². The van der Waals surface area contributed by atoms with Gasteiger partial charge >= 0.3 is 55.0 Å². The Morgan fingerprint density at radius 1 is 1.80 bits per heavy atom. The van der Waals surface area contributed by atoms with Gasteiger partial charge in [0.15, 0.2) is 0 Å². The predicted octanol–water partition coefficient (Wildman–Crippen LogP) is -1.29. The molecule has 0 heterocycles. The number of hydrogen-bond acceptors (Lipinski definition) is 1. The van der Waals surface area contributed by atoms with Gasteiger partial charge < -0.3 is 10.8 Å². The van der Waals surface area contributed by atoms with Gasteiger partial charge in [0.2, 0.25) is 0 Å². The molecule has 0 aliphatic rings. The number of nitrogens with two attached hydrogens (primary N) is 1. The summed E-state index contributed by atoms with van der Waals surface area (Å²) in [5.74, 6) is 0. The number of hydrogen-bond donors (Lipinski definition) is 2. The van der Waals surface area contributed by atoms with Gasteiger partial charge in [0.25, 0.3) is 0 Å². The van der Waals surface area contributed by atoms with E-state index in [-0.39, 0.29) is 48.9 Å². The third-order valence-electron chi connectivity index (χ3n) is 0. The molecule has 0 aromatic heterocycles. The van der Waals surface area contributed by atoms with Gasteiger partial charge in [-0.05, 0) is 0 Å². The molecular weight excluding hydrogens is 195 g/mol. The van der Waals surface area contributed by atoms with Crippen LogP contribution in [0.3, 0.4) is 0 Å². The van der Waals surface area contributed by atoms with Crippen LogP contribution in [0.1, 0.15) is 0 Å². The van der Waals surface area contributed by atoms with Gasteiger partial charge in [0.05, 0.1) is 0 Å². The van der Waals surface area contributed by atoms with Crippen molar-refractivity contribution in [2.24, 2.45) is 5.73 Å².